The zero-order valence-corrected chi connectivity index (χ0v) is 18.2. The Morgan fingerprint density at radius 2 is 1.77 bits per heavy atom. The van der Waals surface area contributed by atoms with Gasteiger partial charge in [-0.25, -0.2) is 12.8 Å². The van der Waals surface area contributed by atoms with Crippen molar-refractivity contribution < 1.29 is 22.4 Å². The molecular weight excluding hydrogens is 407 g/mol. The molecule has 8 heteroatoms. The standard InChI is InChI=1S/C22H29FN2O4S/c1-20(2,25-30(28,29)17-6-4-3-5-16(17)23)18(26)12-21-8-14-7-15(9-21)11-22(10-14,13-21)19(24)27/h3-6,14-15,25H,7-13H2,1-2H3,(H2,24,27). The Kier molecular flexibility index (Phi) is 4.90. The van der Waals surface area contributed by atoms with Crippen molar-refractivity contribution in [2.24, 2.45) is 28.4 Å². The van der Waals surface area contributed by atoms with Crippen LogP contribution in [0.2, 0.25) is 0 Å². The van der Waals surface area contributed by atoms with Gasteiger partial charge in [0.25, 0.3) is 0 Å². The summed E-state index contributed by atoms with van der Waals surface area (Å²) in [5.41, 5.74) is 3.54. The molecule has 164 valence electrons. The fraction of sp³-hybridized carbons (Fsp3) is 0.636. The van der Waals surface area contributed by atoms with Gasteiger partial charge in [0.1, 0.15) is 10.7 Å². The van der Waals surface area contributed by atoms with Crippen LogP contribution in [0.25, 0.3) is 0 Å². The van der Waals surface area contributed by atoms with Gasteiger partial charge in [0.05, 0.1) is 11.0 Å². The van der Waals surface area contributed by atoms with E-state index < -0.39 is 31.7 Å². The highest BCUT2D eigenvalue weighted by Gasteiger charge is 2.60. The van der Waals surface area contributed by atoms with Crippen molar-refractivity contribution >= 4 is 21.7 Å². The number of carbonyl (C=O) groups is 2. The molecule has 1 aromatic carbocycles. The summed E-state index contributed by atoms with van der Waals surface area (Å²) < 4.78 is 41.8. The number of benzene rings is 1. The quantitative estimate of drug-likeness (QED) is 0.685. The van der Waals surface area contributed by atoms with E-state index >= 15 is 0 Å². The third-order valence-electron chi connectivity index (χ3n) is 7.45. The fourth-order valence-electron chi connectivity index (χ4n) is 6.62. The number of amides is 1. The number of nitrogens with two attached hydrogens (primary N) is 1. The molecule has 0 spiro atoms. The summed E-state index contributed by atoms with van der Waals surface area (Å²) in [7, 11) is -4.21. The van der Waals surface area contributed by atoms with Crippen LogP contribution in [-0.4, -0.2) is 25.6 Å². The number of sulfonamides is 1. The van der Waals surface area contributed by atoms with E-state index in [9.17, 15) is 22.4 Å². The molecule has 4 bridgehead atoms. The predicted molar refractivity (Wildman–Crippen MR) is 109 cm³/mol. The zero-order valence-electron chi connectivity index (χ0n) is 17.4. The van der Waals surface area contributed by atoms with Crippen LogP contribution >= 0.6 is 0 Å². The van der Waals surface area contributed by atoms with Crippen LogP contribution in [0.5, 0.6) is 0 Å². The lowest BCUT2D eigenvalue weighted by atomic mass is 9.43. The van der Waals surface area contributed by atoms with Gasteiger partial charge >= 0.3 is 0 Å². The molecule has 1 aromatic rings. The Balaban J connectivity index is 1.55. The SMILES string of the molecule is CC(C)(NS(=O)(=O)c1ccccc1F)C(=O)CC12CC3CC(C1)CC(C(N)=O)(C3)C2. The normalized spacial score (nSPS) is 32.9. The summed E-state index contributed by atoms with van der Waals surface area (Å²) in [4.78, 5) is 25.1. The average molecular weight is 437 g/mol. The van der Waals surface area contributed by atoms with Crippen LogP contribution in [0.3, 0.4) is 0 Å². The molecule has 4 aliphatic carbocycles. The van der Waals surface area contributed by atoms with Crippen LogP contribution in [0.15, 0.2) is 29.2 Å². The van der Waals surface area contributed by atoms with Crippen molar-refractivity contribution in [3.8, 4) is 0 Å². The fourth-order valence-corrected chi connectivity index (χ4v) is 8.10. The van der Waals surface area contributed by atoms with Crippen LogP contribution in [-0.2, 0) is 19.6 Å². The third kappa shape index (κ3) is 3.58. The lowest BCUT2D eigenvalue weighted by molar-refractivity contribution is -0.158. The van der Waals surface area contributed by atoms with Gasteiger partial charge in [-0.1, -0.05) is 12.1 Å². The summed E-state index contributed by atoms with van der Waals surface area (Å²) >= 11 is 0. The summed E-state index contributed by atoms with van der Waals surface area (Å²) in [5, 5.41) is 0. The van der Waals surface area contributed by atoms with Gasteiger partial charge in [0.15, 0.2) is 5.78 Å². The summed E-state index contributed by atoms with van der Waals surface area (Å²) in [6, 6.07) is 5.09. The lowest BCUT2D eigenvalue weighted by Gasteiger charge is -2.61. The molecule has 4 aliphatic rings. The minimum atomic E-state index is -4.21. The largest absolute Gasteiger partial charge is 0.369 e. The maximum absolute atomic E-state index is 14.0. The number of ketones is 1. The monoisotopic (exact) mass is 436 g/mol. The van der Waals surface area contributed by atoms with E-state index in [1.54, 1.807) is 0 Å². The zero-order chi connectivity index (χ0) is 21.9. The van der Waals surface area contributed by atoms with Crippen molar-refractivity contribution in [1.82, 2.24) is 4.72 Å². The van der Waals surface area contributed by atoms with Crippen molar-refractivity contribution in [2.75, 3.05) is 0 Å². The molecule has 6 nitrogen and oxygen atoms in total. The first kappa shape index (κ1) is 21.4. The second-order valence-corrected chi connectivity index (χ2v) is 12.0. The number of nitrogens with one attached hydrogen (secondary N) is 1. The molecule has 30 heavy (non-hydrogen) atoms. The predicted octanol–water partition coefficient (Wildman–Crippen LogP) is 2.91. The van der Waals surface area contributed by atoms with Crippen LogP contribution < -0.4 is 10.5 Å². The number of rotatable bonds is 7. The first-order chi connectivity index (χ1) is 13.9. The Hall–Kier alpha value is -1.80. The van der Waals surface area contributed by atoms with Gasteiger partial charge in [-0.2, -0.15) is 4.72 Å². The van der Waals surface area contributed by atoms with Crippen molar-refractivity contribution in [1.29, 1.82) is 0 Å². The Labute approximate surface area is 176 Å². The molecule has 4 fully saturated rings. The second-order valence-electron chi connectivity index (χ2n) is 10.4. The lowest BCUT2D eigenvalue weighted by Crippen LogP contribution is -2.58. The number of halogens is 1. The third-order valence-corrected chi connectivity index (χ3v) is 9.14. The van der Waals surface area contributed by atoms with Crippen LogP contribution in [0.1, 0.15) is 58.8 Å². The molecule has 4 saturated carbocycles. The van der Waals surface area contributed by atoms with Crippen molar-refractivity contribution in [3.63, 3.8) is 0 Å². The van der Waals surface area contributed by atoms with Crippen LogP contribution in [0.4, 0.5) is 4.39 Å². The highest BCUT2D eigenvalue weighted by atomic mass is 32.2. The van der Waals surface area contributed by atoms with Gasteiger partial charge < -0.3 is 5.73 Å². The van der Waals surface area contributed by atoms with Gasteiger partial charge in [-0.05, 0) is 81.8 Å². The molecule has 1 amide bonds. The molecule has 0 aliphatic heterocycles. The van der Waals surface area contributed by atoms with E-state index in [2.05, 4.69) is 4.72 Å². The molecule has 2 unspecified atom stereocenters. The first-order valence-electron chi connectivity index (χ1n) is 10.5. The molecule has 0 aromatic heterocycles. The first-order valence-corrected chi connectivity index (χ1v) is 12.0. The molecule has 2 atom stereocenters. The van der Waals surface area contributed by atoms with E-state index in [0.29, 0.717) is 18.3 Å². The summed E-state index contributed by atoms with van der Waals surface area (Å²) in [5.74, 6) is -0.593. The minimum Gasteiger partial charge on any atom is -0.369 e. The smallest absolute Gasteiger partial charge is 0.244 e. The van der Waals surface area contributed by atoms with E-state index in [4.69, 9.17) is 5.73 Å². The number of carbonyl (C=O) groups excluding carboxylic acids is 2. The Morgan fingerprint density at radius 1 is 1.17 bits per heavy atom. The molecule has 5 rings (SSSR count). The maximum atomic E-state index is 14.0. The Bertz CT molecular complexity index is 990. The molecule has 0 radical (unpaired) electrons. The summed E-state index contributed by atoms with van der Waals surface area (Å²) in [6.45, 7) is 3.02. The number of Topliss-reactive ketones (excluding diaryl/α,β-unsaturated/α-hetero) is 1. The van der Waals surface area contributed by atoms with Crippen LogP contribution in [0, 0.1) is 28.5 Å². The van der Waals surface area contributed by atoms with Crippen molar-refractivity contribution in [2.45, 2.75) is 69.2 Å². The number of hydrogen-bond donors (Lipinski definition) is 2. The topological polar surface area (TPSA) is 106 Å². The molecular formula is C22H29FN2O4S. The molecule has 3 N–H and O–H groups in total. The minimum absolute atomic E-state index is 0.196. The highest BCUT2D eigenvalue weighted by molar-refractivity contribution is 7.89. The Morgan fingerprint density at radius 3 is 2.33 bits per heavy atom. The molecule has 0 saturated heterocycles. The second kappa shape index (κ2) is 6.85. The number of hydrogen-bond acceptors (Lipinski definition) is 4. The van der Waals surface area contributed by atoms with Gasteiger partial charge in [-0.3, -0.25) is 9.59 Å². The van der Waals surface area contributed by atoms with Crippen molar-refractivity contribution in [3.05, 3.63) is 30.1 Å². The van der Waals surface area contributed by atoms with E-state index in [0.717, 1.165) is 38.2 Å². The van der Waals surface area contributed by atoms with Gasteiger partial charge in [0, 0.05) is 6.42 Å². The average Bonchev–Trinajstić information content (AvgIpc) is 2.59. The summed E-state index contributed by atoms with van der Waals surface area (Å²) in [6.07, 6.45) is 5.23. The van der Waals surface area contributed by atoms with E-state index in [1.807, 2.05) is 0 Å². The van der Waals surface area contributed by atoms with Gasteiger partial charge in [0.2, 0.25) is 15.9 Å². The van der Waals surface area contributed by atoms with Gasteiger partial charge in [-0.15, -0.1) is 0 Å². The maximum Gasteiger partial charge on any atom is 0.244 e. The van der Waals surface area contributed by atoms with E-state index in [-0.39, 0.29) is 23.5 Å². The van der Waals surface area contributed by atoms with E-state index in [1.165, 1.54) is 32.0 Å². The number of primary amides is 1. The molecule has 0 heterocycles. The highest BCUT2D eigenvalue weighted by Crippen LogP contribution is 2.66.